The zero-order chi connectivity index (χ0) is 24.1. The third-order valence-electron chi connectivity index (χ3n) is 5.30. The van der Waals surface area contributed by atoms with Crippen LogP contribution < -0.4 is 10.5 Å². The van der Waals surface area contributed by atoms with E-state index < -0.39 is 0 Å². The van der Waals surface area contributed by atoms with Gasteiger partial charge in [0, 0.05) is 32.0 Å². The summed E-state index contributed by atoms with van der Waals surface area (Å²) < 4.78 is 17.5. The fourth-order valence-corrected chi connectivity index (χ4v) is 4.47. The highest BCUT2D eigenvalue weighted by molar-refractivity contribution is 7.55. The van der Waals surface area contributed by atoms with E-state index >= 15 is 0 Å². The first kappa shape index (κ1) is 31.7. The van der Waals surface area contributed by atoms with Gasteiger partial charge in [0.25, 0.3) is 0 Å². The Labute approximate surface area is 196 Å². The standard InChI is InChI=1S/C10H22BNO2P.C8H17BNO2.C3H9P/c1-6-8-9(14-15(4)5)7(2)10(13-8)11-12-3;1-4-6-7(11)5(2)8(12-6)9-10-3;1-4(2)3/h7-10,12H,6H2,1-5H3;5-8,10-11H,4H2,1-3H3;1-3H3/t7?,8-,9-,10-;5?,6-,7-,8-;/m11./s1. The second-order valence-corrected chi connectivity index (χ2v) is 13.5. The van der Waals surface area contributed by atoms with Gasteiger partial charge in [-0.1, -0.05) is 27.7 Å². The number of ether oxygens (including phenoxy) is 2. The van der Waals surface area contributed by atoms with E-state index in [1.54, 1.807) is 0 Å². The van der Waals surface area contributed by atoms with E-state index in [-0.39, 0.29) is 50.5 Å². The van der Waals surface area contributed by atoms with Crippen LogP contribution in [0.2, 0.25) is 0 Å². The van der Waals surface area contributed by atoms with Crippen molar-refractivity contribution in [3.05, 3.63) is 0 Å². The Morgan fingerprint density at radius 2 is 1.26 bits per heavy atom. The summed E-state index contributed by atoms with van der Waals surface area (Å²) in [5.74, 6) is 0.634. The molecule has 0 aliphatic carbocycles. The first-order valence-electron chi connectivity index (χ1n) is 11.5. The van der Waals surface area contributed by atoms with E-state index in [9.17, 15) is 5.11 Å². The molecule has 182 valence electrons. The third kappa shape index (κ3) is 11.6. The van der Waals surface area contributed by atoms with Crippen molar-refractivity contribution in [2.24, 2.45) is 11.8 Å². The van der Waals surface area contributed by atoms with E-state index in [4.69, 9.17) is 14.0 Å². The average molecular weight is 476 g/mol. The molecular weight excluding hydrogens is 428 g/mol. The number of nitrogens with one attached hydrogen (secondary N) is 2. The highest BCUT2D eigenvalue weighted by atomic mass is 31.1. The second-order valence-electron chi connectivity index (χ2n) is 8.94. The summed E-state index contributed by atoms with van der Waals surface area (Å²) in [4.78, 5) is 0. The minimum Gasteiger partial charge on any atom is -0.390 e. The largest absolute Gasteiger partial charge is 0.390 e. The van der Waals surface area contributed by atoms with Gasteiger partial charge in [0.15, 0.2) is 0 Å². The molecule has 2 aliphatic heterocycles. The van der Waals surface area contributed by atoms with Gasteiger partial charge >= 0.3 is 0 Å². The highest BCUT2D eigenvalue weighted by Gasteiger charge is 2.42. The molecule has 8 atom stereocenters. The molecule has 31 heavy (non-hydrogen) atoms. The molecule has 0 amide bonds. The Morgan fingerprint density at radius 1 is 0.839 bits per heavy atom. The molecular formula is C21H48B2N2O4P2. The van der Waals surface area contributed by atoms with Gasteiger partial charge in [-0.15, -0.1) is 7.92 Å². The van der Waals surface area contributed by atoms with Crippen molar-refractivity contribution >= 4 is 30.9 Å². The lowest BCUT2D eigenvalue weighted by molar-refractivity contribution is 0.0285. The van der Waals surface area contributed by atoms with Crippen LogP contribution in [-0.4, -0.2) is 104 Å². The molecule has 0 aromatic carbocycles. The lowest BCUT2D eigenvalue weighted by Gasteiger charge is -2.23. The van der Waals surface area contributed by atoms with Crippen LogP contribution in [0.25, 0.3) is 0 Å². The first-order valence-corrected chi connectivity index (χ1v) is 16.3. The highest BCUT2D eigenvalue weighted by Crippen LogP contribution is 2.39. The molecule has 10 heteroatoms. The van der Waals surface area contributed by atoms with Crippen molar-refractivity contribution < 1.29 is 19.1 Å². The van der Waals surface area contributed by atoms with Crippen LogP contribution in [-0.2, 0) is 14.0 Å². The predicted octanol–water partition coefficient (Wildman–Crippen LogP) is 2.95. The van der Waals surface area contributed by atoms with Crippen molar-refractivity contribution in [2.45, 2.75) is 77.0 Å². The van der Waals surface area contributed by atoms with Crippen molar-refractivity contribution in [1.29, 1.82) is 0 Å². The number of aliphatic hydroxyl groups excluding tert-OH is 1. The van der Waals surface area contributed by atoms with Crippen LogP contribution in [0.3, 0.4) is 0 Å². The quantitative estimate of drug-likeness (QED) is 0.370. The summed E-state index contributed by atoms with van der Waals surface area (Å²) in [6, 6.07) is 0.231. The van der Waals surface area contributed by atoms with Crippen molar-refractivity contribution in [3.63, 3.8) is 0 Å². The van der Waals surface area contributed by atoms with E-state index in [1.165, 1.54) is 0 Å². The molecule has 0 saturated carbocycles. The lowest BCUT2D eigenvalue weighted by atomic mass is 9.77. The fraction of sp³-hybridized carbons (Fsp3) is 1.00. The first-order chi connectivity index (χ1) is 14.5. The van der Waals surface area contributed by atoms with Gasteiger partial charge < -0.3 is 29.6 Å². The molecule has 3 N–H and O–H groups in total. The van der Waals surface area contributed by atoms with E-state index in [1.807, 2.05) is 42.8 Å². The summed E-state index contributed by atoms with van der Waals surface area (Å²) in [6.07, 6.45) is 2.09. The van der Waals surface area contributed by atoms with E-state index in [0.717, 1.165) is 12.8 Å². The number of hydrogen-bond acceptors (Lipinski definition) is 6. The Balaban J connectivity index is 0.000000504. The Hall–Kier alpha value is 0.750. The van der Waals surface area contributed by atoms with Gasteiger partial charge in [0.05, 0.1) is 24.4 Å². The van der Waals surface area contributed by atoms with Crippen LogP contribution in [0.15, 0.2) is 0 Å². The van der Waals surface area contributed by atoms with Crippen LogP contribution in [0.4, 0.5) is 0 Å². The summed E-state index contributed by atoms with van der Waals surface area (Å²) in [5.41, 5.74) is 0. The molecule has 0 bridgehead atoms. The monoisotopic (exact) mass is 476 g/mol. The minimum absolute atomic E-state index is 0.00889. The molecule has 2 fully saturated rings. The molecule has 2 saturated heterocycles. The van der Waals surface area contributed by atoms with Crippen LogP contribution >= 0.6 is 16.1 Å². The average Bonchev–Trinajstić information content (AvgIpc) is 3.13. The van der Waals surface area contributed by atoms with Crippen LogP contribution in [0.1, 0.15) is 40.5 Å². The number of hydrogen-bond donors (Lipinski definition) is 3. The number of rotatable bonds is 8. The maximum absolute atomic E-state index is 9.68. The SMILES string of the molecule is CC[C@H]1O[C@@H]([B]NC)C(C)[C@H]1O.CC[C@H]1O[C@@H]([B]NC)C(C)[C@H]1OP(C)C.CP(C)C. The molecule has 2 unspecified atom stereocenters. The second kappa shape index (κ2) is 17.2. The molecule has 2 aliphatic rings. The molecule has 2 heterocycles. The minimum atomic E-state index is -0.315. The van der Waals surface area contributed by atoms with Crippen LogP contribution in [0, 0.1) is 11.8 Å². The summed E-state index contributed by atoms with van der Waals surface area (Å²) in [5, 5.41) is 15.7. The summed E-state index contributed by atoms with van der Waals surface area (Å²) in [6.45, 7) is 19.4. The zero-order valence-corrected chi connectivity index (χ0v) is 23.5. The van der Waals surface area contributed by atoms with Gasteiger partial charge in [-0.05, 0) is 60.3 Å². The van der Waals surface area contributed by atoms with Gasteiger partial charge in [0.1, 0.15) is 0 Å². The van der Waals surface area contributed by atoms with Crippen molar-refractivity contribution in [2.75, 3.05) is 47.4 Å². The van der Waals surface area contributed by atoms with E-state index in [2.05, 4.69) is 57.6 Å². The smallest absolute Gasteiger partial charge is 0.241 e. The third-order valence-corrected chi connectivity index (χ3v) is 5.97. The van der Waals surface area contributed by atoms with Gasteiger partial charge in [0.2, 0.25) is 14.8 Å². The van der Waals surface area contributed by atoms with Crippen molar-refractivity contribution in [1.82, 2.24) is 10.5 Å². The summed E-state index contributed by atoms with van der Waals surface area (Å²) in [7, 11) is 7.74. The van der Waals surface area contributed by atoms with Gasteiger partial charge in [-0.25, -0.2) is 0 Å². The van der Waals surface area contributed by atoms with Crippen LogP contribution in [0.5, 0.6) is 0 Å². The maximum Gasteiger partial charge on any atom is 0.241 e. The Morgan fingerprint density at radius 3 is 1.61 bits per heavy atom. The normalized spacial score (nSPS) is 34.8. The lowest BCUT2D eigenvalue weighted by Crippen LogP contribution is -2.34. The molecule has 2 rings (SSSR count). The number of aliphatic hydroxyl groups is 1. The molecule has 6 nitrogen and oxygen atoms in total. The zero-order valence-electron chi connectivity index (χ0n) is 21.8. The Kier molecular flexibility index (Phi) is 17.6. The van der Waals surface area contributed by atoms with Gasteiger partial charge in [-0.2, -0.15) is 0 Å². The topological polar surface area (TPSA) is 72.0 Å². The van der Waals surface area contributed by atoms with Gasteiger partial charge in [-0.3, -0.25) is 0 Å². The molecule has 2 radical (unpaired) electrons. The summed E-state index contributed by atoms with van der Waals surface area (Å²) >= 11 is 0. The van der Waals surface area contributed by atoms with Crippen molar-refractivity contribution in [3.8, 4) is 0 Å². The maximum atomic E-state index is 9.68. The van der Waals surface area contributed by atoms with E-state index in [0.29, 0.717) is 13.8 Å². The Bertz CT molecular complexity index is 453. The fourth-order valence-electron chi connectivity index (χ4n) is 3.65. The predicted molar refractivity (Wildman–Crippen MR) is 140 cm³/mol. The molecule has 0 aromatic rings. The molecule has 0 spiro atoms. The molecule has 0 aromatic heterocycles.